The van der Waals surface area contributed by atoms with Gasteiger partial charge in [0.2, 0.25) is 0 Å². The molecule has 0 saturated carbocycles. The molecule has 172 valence electrons. The number of rotatable bonds is 1. The van der Waals surface area contributed by atoms with E-state index in [1.807, 2.05) is 24.7 Å². The van der Waals surface area contributed by atoms with Gasteiger partial charge in [0.1, 0.15) is 5.65 Å². The van der Waals surface area contributed by atoms with Gasteiger partial charge in [-0.15, -0.1) is 0 Å². The predicted molar refractivity (Wildman–Crippen MR) is 151 cm³/mol. The fourth-order valence-electron chi connectivity index (χ4n) is 6.58. The number of hydrogen-bond donors (Lipinski definition) is 0. The SMILES string of the molecule is c1ccc(-n2c3ccc4c(c3c3ccc5c(c6ncccc6n6ccnc56)c32)Cc2ccccc2-4)cc1. The van der Waals surface area contributed by atoms with Gasteiger partial charge in [-0.2, -0.15) is 0 Å². The summed E-state index contributed by atoms with van der Waals surface area (Å²) in [5.41, 5.74) is 12.1. The van der Waals surface area contributed by atoms with E-state index in [4.69, 9.17) is 9.97 Å². The second-order valence-corrected chi connectivity index (χ2v) is 9.87. The highest BCUT2D eigenvalue weighted by atomic mass is 15.0. The van der Waals surface area contributed by atoms with Crippen LogP contribution in [0.1, 0.15) is 11.1 Å². The minimum atomic E-state index is 0.951. The van der Waals surface area contributed by atoms with E-state index < -0.39 is 0 Å². The summed E-state index contributed by atoms with van der Waals surface area (Å²) < 4.78 is 4.59. The Bertz CT molecular complexity index is 2220. The van der Waals surface area contributed by atoms with Crippen LogP contribution >= 0.6 is 0 Å². The molecule has 0 N–H and O–H groups in total. The van der Waals surface area contributed by atoms with E-state index in [0.717, 1.165) is 39.6 Å². The Morgan fingerprint density at radius 3 is 2.43 bits per heavy atom. The number of hydrogen-bond acceptors (Lipinski definition) is 2. The summed E-state index contributed by atoms with van der Waals surface area (Å²) in [6.45, 7) is 0. The molecule has 4 heterocycles. The Morgan fingerprint density at radius 1 is 0.622 bits per heavy atom. The van der Waals surface area contributed by atoms with Gasteiger partial charge in [0.25, 0.3) is 0 Å². The maximum atomic E-state index is 4.94. The van der Waals surface area contributed by atoms with E-state index in [1.165, 1.54) is 44.1 Å². The van der Waals surface area contributed by atoms with Crippen LogP contribution in [0.5, 0.6) is 0 Å². The predicted octanol–water partition coefficient (Wildman–Crippen LogP) is 7.70. The van der Waals surface area contributed by atoms with Gasteiger partial charge in [-0.3, -0.25) is 9.38 Å². The molecule has 4 heteroatoms. The van der Waals surface area contributed by atoms with Crippen molar-refractivity contribution in [1.82, 2.24) is 18.9 Å². The third kappa shape index (κ3) is 2.37. The third-order valence-corrected chi connectivity index (χ3v) is 8.06. The fourth-order valence-corrected chi connectivity index (χ4v) is 6.58. The molecule has 8 aromatic rings. The molecule has 0 aliphatic heterocycles. The highest BCUT2D eigenvalue weighted by molar-refractivity contribution is 6.27. The molecule has 4 aromatic heterocycles. The molecule has 0 spiro atoms. The molecule has 0 saturated heterocycles. The molecule has 1 aliphatic carbocycles. The second-order valence-electron chi connectivity index (χ2n) is 9.87. The van der Waals surface area contributed by atoms with E-state index in [-0.39, 0.29) is 0 Å². The van der Waals surface area contributed by atoms with Gasteiger partial charge in [0.05, 0.1) is 22.1 Å². The quantitative estimate of drug-likeness (QED) is 0.229. The number of fused-ring (bicyclic) bond motifs is 14. The molecule has 4 nitrogen and oxygen atoms in total. The summed E-state index contributed by atoms with van der Waals surface area (Å²) in [4.78, 5) is 9.71. The number of nitrogens with zero attached hydrogens (tertiary/aromatic N) is 4. The summed E-state index contributed by atoms with van der Waals surface area (Å²) in [6.07, 6.45) is 6.75. The molecular weight excluding hydrogens is 452 g/mol. The topological polar surface area (TPSA) is 35.1 Å². The lowest BCUT2D eigenvalue weighted by atomic mass is 9.99. The van der Waals surface area contributed by atoms with Gasteiger partial charge in [-0.05, 0) is 65.1 Å². The number of para-hydroxylation sites is 1. The van der Waals surface area contributed by atoms with E-state index in [2.05, 4.69) is 93.9 Å². The van der Waals surface area contributed by atoms with Crippen molar-refractivity contribution in [3.05, 3.63) is 121 Å². The van der Waals surface area contributed by atoms with Crippen molar-refractivity contribution in [2.75, 3.05) is 0 Å². The third-order valence-electron chi connectivity index (χ3n) is 8.06. The standard InChI is InChI=1S/C33H20N4/c1-2-8-21(9-3-1)37-27-15-14-23-22-10-5-4-7-20(22)19-26(23)29(27)24-12-13-25-30(32(24)37)31-28(11-6-16-34-31)36-18-17-35-33(25)36/h1-18H,19H2. The van der Waals surface area contributed by atoms with Crippen LogP contribution in [0.25, 0.3) is 66.1 Å². The van der Waals surface area contributed by atoms with Crippen LogP contribution in [0.15, 0.2) is 110 Å². The number of pyridine rings is 2. The zero-order valence-electron chi connectivity index (χ0n) is 19.9. The van der Waals surface area contributed by atoms with Crippen molar-refractivity contribution in [3.8, 4) is 16.8 Å². The molecule has 0 radical (unpaired) electrons. The van der Waals surface area contributed by atoms with Crippen LogP contribution in [0.4, 0.5) is 0 Å². The smallest absolute Gasteiger partial charge is 0.145 e. The lowest BCUT2D eigenvalue weighted by molar-refractivity contribution is 1.18. The highest BCUT2D eigenvalue weighted by Crippen LogP contribution is 2.46. The van der Waals surface area contributed by atoms with Crippen LogP contribution in [0.2, 0.25) is 0 Å². The van der Waals surface area contributed by atoms with E-state index in [0.29, 0.717) is 0 Å². The molecule has 0 unspecified atom stereocenters. The minimum absolute atomic E-state index is 0.951. The van der Waals surface area contributed by atoms with Crippen LogP contribution < -0.4 is 0 Å². The Balaban J connectivity index is 1.57. The van der Waals surface area contributed by atoms with Crippen LogP contribution in [-0.4, -0.2) is 18.9 Å². The van der Waals surface area contributed by atoms with Crippen molar-refractivity contribution in [2.24, 2.45) is 0 Å². The van der Waals surface area contributed by atoms with Crippen LogP contribution in [0.3, 0.4) is 0 Å². The first-order chi connectivity index (χ1) is 18.4. The number of imidazole rings is 1. The summed E-state index contributed by atoms with van der Waals surface area (Å²) in [5.74, 6) is 0. The van der Waals surface area contributed by atoms with Crippen molar-refractivity contribution in [3.63, 3.8) is 0 Å². The van der Waals surface area contributed by atoms with Gasteiger partial charge >= 0.3 is 0 Å². The molecule has 1 aliphatic rings. The van der Waals surface area contributed by atoms with Gasteiger partial charge in [0, 0.05) is 45.8 Å². The summed E-state index contributed by atoms with van der Waals surface area (Å²) in [5, 5.41) is 4.86. The molecule has 0 fully saturated rings. The molecule has 37 heavy (non-hydrogen) atoms. The number of aromatic nitrogens is 4. The van der Waals surface area contributed by atoms with Gasteiger partial charge in [-0.1, -0.05) is 54.6 Å². The Morgan fingerprint density at radius 2 is 1.49 bits per heavy atom. The Kier molecular flexibility index (Phi) is 3.55. The average Bonchev–Trinajstić information content (AvgIpc) is 3.67. The normalized spacial score (nSPS) is 12.8. The minimum Gasteiger partial charge on any atom is -0.309 e. The molecule has 0 atom stereocenters. The zero-order chi connectivity index (χ0) is 24.1. The first-order valence-electron chi connectivity index (χ1n) is 12.6. The lowest BCUT2D eigenvalue weighted by Gasteiger charge is -2.12. The summed E-state index contributed by atoms with van der Waals surface area (Å²) >= 11 is 0. The average molecular weight is 473 g/mol. The first-order valence-corrected chi connectivity index (χ1v) is 12.6. The van der Waals surface area contributed by atoms with Crippen molar-refractivity contribution in [2.45, 2.75) is 6.42 Å². The summed E-state index contributed by atoms with van der Waals surface area (Å²) in [6, 6.07) is 32.8. The van der Waals surface area contributed by atoms with E-state index in [1.54, 1.807) is 0 Å². The van der Waals surface area contributed by atoms with E-state index in [9.17, 15) is 0 Å². The molecule has 0 bridgehead atoms. The molecule has 0 amide bonds. The summed E-state index contributed by atoms with van der Waals surface area (Å²) in [7, 11) is 0. The second kappa shape index (κ2) is 6.83. The van der Waals surface area contributed by atoms with Crippen molar-refractivity contribution < 1.29 is 0 Å². The van der Waals surface area contributed by atoms with Crippen molar-refractivity contribution in [1.29, 1.82) is 0 Å². The van der Waals surface area contributed by atoms with E-state index >= 15 is 0 Å². The molecule has 9 rings (SSSR count). The fraction of sp³-hybridized carbons (Fsp3) is 0.0303. The highest BCUT2D eigenvalue weighted by Gasteiger charge is 2.26. The monoisotopic (exact) mass is 472 g/mol. The van der Waals surface area contributed by atoms with Gasteiger partial charge in [0.15, 0.2) is 0 Å². The van der Waals surface area contributed by atoms with Crippen LogP contribution in [0, 0.1) is 0 Å². The Labute approximate surface area is 212 Å². The number of benzene rings is 4. The molecular formula is C33H20N4. The lowest BCUT2D eigenvalue weighted by Crippen LogP contribution is -1.97. The molecule has 4 aromatic carbocycles. The maximum absolute atomic E-state index is 4.94. The maximum Gasteiger partial charge on any atom is 0.145 e. The zero-order valence-corrected chi connectivity index (χ0v) is 19.9. The first kappa shape index (κ1) is 19.3. The van der Waals surface area contributed by atoms with Gasteiger partial charge in [-0.25, -0.2) is 4.98 Å². The largest absolute Gasteiger partial charge is 0.309 e. The Hall–Kier alpha value is -4.96. The van der Waals surface area contributed by atoms with Crippen molar-refractivity contribution >= 4 is 49.3 Å². The van der Waals surface area contributed by atoms with Gasteiger partial charge < -0.3 is 4.57 Å². The van der Waals surface area contributed by atoms with Crippen LogP contribution in [-0.2, 0) is 6.42 Å².